The summed E-state index contributed by atoms with van der Waals surface area (Å²) in [5, 5.41) is 5.60. The number of benzene rings is 1. The second kappa shape index (κ2) is 15.9. The SMILES string of the molecule is CCOC(=O)CCNC(=O)C(c1ccc(C)c(C)c1)N(C(=O)C(CCSC)NC(=O)OC(C)(C)C)C(C)(C)CC. The number of thioether (sulfide) groups is 1. The molecule has 9 nitrogen and oxygen atoms in total. The number of alkyl carbamates (subject to hydrolysis) is 1. The lowest BCUT2D eigenvalue weighted by molar-refractivity contribution is -0.149. The number of carbonyl (C=O) groups excluding carboxylic acids is 4. The molecule has 226 valence electrons. The van der Waals surface area contributed by atoms with Gasteiger partial charge in [-0.25, -0.2) is 4.79 Å². The zero-order chi connectivity index (χ0) is 30.7. The molecular weight excluding hydrogens is 530 g/mol. The molecule has 2 N–H and O–H groups in total. The second-order valence-corrected chi connectivity index (χ2v) is 12.4. The first-order valence-corrected chi connectivity index (χ1v) is 15.3. The van der Waals surface area contributed by atoms with Gasteiger partial charge < -0.3 is 25.0 Å². The Bertz CT molecular complexity index is 1020. The molecule has 0 saturated carbocycles. The van der Waals surface area contributed by atoms with Gasteiger partial charge in [0.1, 0.15) is 17.7 Å². The Morgan fingerprint density at radius 3 is 2.20 bits per heavy atom. The van der Waals surface area contributed by atoms with Crippen molar-refractivity contribution in [3.8, 4) is 0 Å². The molecule has 40 heavy (non-hydrogen) atoms. The zero-order valence-electron chi connectivity index (χ0n) is 25.9. The van der Waals surface area contributed by atoms with E-state index in [0.717, 1.165) is 11.1 Å². The van der Waals surface area contributed by atoms with E-state index in [1.54, 1.807) is 44.4 Å². The third kappa shape index (κ3) is 11.0. The predicted octanol–water partition coefficient (Wildman–Crippen LogP) is 5.08. The Hall–Kier alpha value is -2.75. The van der Waals surface area contributed by atoms with Crippen LogP contribution < -0.4 is 10.6 Å². The van der Waals surface area contributed by atoms with Crippen molar-refractivity contribution >= 4 is 35.6 Å². The van der Waals surface area contributed by atoms with Crippen LogP contribution >= 0.6 is 11.8 Å². The van der Waals surface area contributed by atoms with Crippen LogP contribution in [-0.4, -0.2) is 71.1 Å². The molecule has 0 radical (unpaired) electrons. The maximum absolute atomic E-state index is 14.4. The lowest BCUT2D eigenvalue weighted by Crippen LogP contribution is -2.59. The van der Waals surface area contributed by atoms with Crippen molar-refractivity contribution in [2.24, 2.45) is 0 Å². The van der Waals surface area contributed by atoms with Crippen molar-refractivity contribution in [2.75, 3.05) is 25.2 Å². The minimum atomic E-state index is -0.999. The molecule has 2 atom stereocenters. The summed E-state index contributed by atoms with van der Waals surface area (Å²) in [5.74, 6) is -0.586. The molecule has 0 spiro atoms. The van der Waals surface area contributed by atoms with Crippen LogP contribution in [0.3, 0.4) is 0 Å². The summed E-state index contributed by atoms with van der Waals surface area (Å²) < 4.78 is 10.4. The van der Waals surface area contributed by atoms with Gasteiger partial charge in [0.2, 0.25) is 11.8 Å². The van der Waals surface area contributed by atoms with Gasteiger partial charge in [0.15, 0.2) is 0 Å². The largest absolute Gasteiger partial charge is 0.466 e. The summed E-state index contributed by atoms with van der Waals surface area (Å²) in [6, 6.07) is 3.78. The van der Waals surface area contributed by atoms with E-state index < -0.39 is 41.2 Å². The van der Waals surface area contributed by atoms with Crippen LogP contribution in [0.15, 0.2) is 18.2 Å². The van der Waals surface area contributed by atoms with Gasteiger partial charge in [0.25, 0.3) is 0 Å². The van der Waals surface area contributed by atoms with Crippen molar-refractivity contribution in [3.05, 3.63) is 34.9 Å². The van der Waals surface area contributed by atoms with Crippen molar-refractivity contribution in [1.82, 2.24) is 15.5 Å². The number of ether oxygens (including phenoxy) is 2. The van der Waals surface area contributed by atoms with Gasteiger partial charge in [0.05, 0.1) is 13.0 Å². The molecule has 3 amide bonds. The van der Waals surface area contributed by atoms with E-state index in [4.69, 9.17) is 9.47 Å². The number of hydrogen-bond acceptors (Lipinski definition) is 7. The smallest absolute Gasteiger partial charge is 0.408 e. The van der Waals surface area contributed by atoms with E-state index in [2.05, 4.69) is 10.6 Å². The number of carbonyl (C=O) groups is 4. The van der Waals surface area contributed by atoms with Gasteiger partial charge in [-0.3, -0.25) is 14.4 Å². The van der Waals surface area contributed by atoms with E-state index in [9.17, 15) is 19.2 Å². The Morgan fingerprint density at radius 1 is 1.02 bits per heavy atom. The Labute approximate surface area is 244 Å². The normalized spacial score (nSPS) is 13.2. The number of hydrogen-bond donors (Lipinski definition) is 2. The van der Waals surface area contributed by atoms with Crippen LogP contribution in [-0.2, 0) is 23.9 Å². The van der Waals surface area contributed by atoms with E-state index >= 15 is 0 Å². The fourth-order valence-corrected chi connectivity index (χ4v) is 4.50. The molecule has 0 aliphatic carbocycles. The fourth-order valence-electron chi connectivity index (χ4n) is 4.03. The molecule has 0 bridgehead atoms. The van der Waals surface area contributed by atoms with Crippen molar-refractivity contribution in [3.63, 3.8) is 0 Å². The highest BCUT2D eigenvalue weighted by molar-refractivity contribution is 7.98. The molecule has 0 fully saturated rings. The van der Waals surface area contributed by atoms with Crippen molar-refractivity contribution < 1.29 is 28.7 Å². The zero-order valence-corrected chi connectivity index (χ0v) is 26.8. The minimum absolute atomic E-state index is 0.0148. The number of amides is 3. The first-order valence-electron chi connectivity index (χ1n) is 13.9. The maximum Gasteiger partial charge on any atom is 0.408 e. The average molecular weight is 580 g/mol. The van der Waals surface area contributed by atoms with Crippen molar-refractivity contribution in [1.29, 1.82) is 0 Å². The number of rotatable bonds is 14. The third-order valence-electron chi connectivity index (χ3n) is 6.64. The Kier molecular flexibility index (Phi) is 14.0. The first-order chi connectivity index (χ1) is 18.6. The van der Waals surface area contributed by atoms with Gasteiger partial charge in [0, 0.05) is 12.1 Å². The highest BCUT2D eigenvalue weighted by atomic mass is 32.2. The van der Waals surface area contributed by atoms with Gasteiger partial charge in [-0.05, 0) is 96.9 Å². The number of aryl methyl sites for hydroxylation is 2. The highest BCUT2D eigenvalue weighted by Gasteiger charge is 2.43. The monoisotopic (exact) mass is 579 g/mol. The van der Waals surface area contributed by atoms with Crippen LogP contribution in [0.4, 0.5) is 4.79 Å². The molecule has 1 aromatic rings. The number of nitrogens with one attached hydrogen (secondary N) is 2. The van der Waals surface area contributed by atoms with E-state index in [-0.39, 0.29) is 25.5 Å². The molecule has 2 unspecified atom stereocenters. The molecule has 10 heteroatoms. The third-order valence-corrected chi connectivity index (χ3v) is 7.29. The predicted molar refractivity (Wildman–Crippen MR) is 160 cm³/mol. The summed E-state index contributed by atoms with van der Waals surface area (Å²) in [5.41, 5.74) is 1.19. The van der Waals surface area contributed by atoms with E-state index in [1.165, 1.54) is 0 Å². The number of nitrogens with zero attached hydrogens (tertiary/aromatic N) is 1. The van der Waals surface area contributed by atoms with Crippen LogP contribution in [0.2, 0.25) is 0 Å². The van der Waals surface area contributed by atoms with Crippen LogP contribution in [0.1, 0.15) is 90.5 Å². The standard InChI is InChI=1S/C30H49N3O6S/c1-11-30(8,9)33(27(36)23(16-18-40-10)32-28(37)39-29(5,6)7)25(22-14-13-20(3)21(4)19-22)26(35)31-17-15-24(34)38-12-2/h13-14,19,23,25H,11-12,15-18H2,1-10H3,(H,31,35)(H,32,37). The van der Waals surface area contributed by atoms with Gasteiger partial charge in [-0.1, -0.05) is 25.1 Å². The summed E-state index contributed by atoms with van der Waals surface area (Å²) in [4.78, 5) is 54.5. The lowest BCUT2D eigenvalue weighted by Gasteiger charge is -2.44. The average Bonchev–Trinajstić information content (AvgIpc) is 2.85. The fraction of sp³-hybridized carbons (Fsp3) is 0.667. The van der Waals surface area contributed by atoms with Crippen molar-refractivity contribution in [2.45, 2.75) is 105 Å². The first kappa shape index (κ1) is 35.3. The quantitative estimate of drug-likeness (QED) is 0.296. The molecule has 1 rings (SSSR count). The summed E-state index contributed by atoms with van der Waals surface area (Å²) in [6.07, 6.45) is 2.17. The van der Waals surface area contributed by atoms with Gasteiger partial charge in [-0.15, -0.1) is 0 Å². The topological polar surface area (TPSA) is 114 Å². The molecule has 0 saturated heterocycles. The molecule has 0 aromatic heterocycles. The molecule has 1 aromatic carbocycles. The minimum Gasteiger partial charge on any atom is -0.466 e. The van der Waals surface area contributed by atoms with Crippen LogP contribution in [0, 0.1) is 13.8 Å². The molecular formula is C30H49N3O6S. The molecule has 0 heterocycles. The van der Waals surface area contributed by atoms with E-state index in [0.29, 0.717) is 24.2 Å². The Morgan fingerprint density at radius 2 is 1.68 bits per heavy atom. The molecule has 0 aliphatic rings. The van der Waals surface area contributed by atoms with Crippen LogP contribution in [0.5, 0.6) is 0 Å². The second-order valence-electron chi connectivity index (χ2n) is 11.4. The highest BCUT2D eigenvalue weighted by Crippen LogP contribution is 2.33. The van der Waals surface area contributed by atoms with E-state index in [1.807, 2.05) is 59.1 Å². The lowest BCUT2D eigenvalue weighted by atomic mass is 9.90. The van der Waals surface area contributed by atoms with Gasteiger partial charge in [-0.2, -0.15) is 11.8 Å². The number of esters is 1. The summed E-state index contributed by atoms with van der Waals surface area (Å²) in [7, 11) is 0. The van der Waals surface area contributed by atoms with Crippen LogP contribution in [0.25, 0.3) is 0 Å². The molecule has 0 aliphatic heterocycles. The maximum atomic E-state index is 14.4. The van der Waals surface area contributed by atoms with Gasteiger partial charge >= 0.3 is 12.1 Å². The summed E-state index contributed by atoms with van der Waals surface area (Å²) in [6.45, 7) is 17.0. The Balaban J connectivity index is 3.59. The summed E-state index contributed by atoms with van der Waals surface area (Å²) >= 11 is 1.56.